The molecule has 25 heavy (non-hydrogen) atoms. The van der Waals surface area contributed by atoms with Crippen LogP contribution in [0, 0.1) is 6.92 Å². The third-order valence-electron chi connectivity index (χ3n) is 4.24. The van der Waals surface area contributed by atoms with Gasteiger partial charge in [0, 0.05) is 52.3 Å². The molecule has 2 aromatic heterocycles. The minimum atomic E-state index is -0.0568. The van der Waals surface area contributed by atoms with Crippen LogP contribution in [0.4, 0.5) is 5.82 Å². The molecule has 136 valence electrons. The van der Waals surface area contributed by atoms with Crippen molar-refractivity contribution in [2.24, 2.45) is 7.05 Å². The first-order valence-corrected chi connectivity index (χ1v) is 8.54. The number of hydrogen-bond acceptors (Lipinski definition) is 7. The summed E-state index contributed by atoms with van der Waals surface area (Å²) >= 11 is 0. The highest BCUT2D eigenvalue weighted by Gasteiger charge is 2.24. The van der Waals surface area contributed by atoms with Crippen molar-refractivity contribution in [1.29, 1.82) is 0 Å². The van der Waals surface area contributed by atoms with Crippen molar-refractivity contribution in [1.82, 2.24) is 24.4 Å². The van der Waals surface area contributed by atoms with E-state index in [-0.39, 0.29) is 6.10 Å². The van der Waals surface area contributed by atoms with Gasteiger partial charge >= 0.3 is 0 Å². The first-order chi connectivity index (χ1) is 12.2. The Hall–Kier alpha value is -2.03. The van der Waals surface area contributed by atoms with Crippen LogP contribution in [-0.2, 0) is 23.1 Å². The molecule has 0 bridgehead atoms. The number of imidazole rings is 1. The lowest BCUT2D eigenvalue weighted by atomic mass is 10.2. The van der Waals surface area contributed by atoms with Crippen LogP contribution in [-0.4, -0.2) is 64.4 Å². The smallest absolute Gasteiger partial charge is 0.130 e. The summed E-state index contributed by atoms with van der Waals surface area (Å²) in [7, 11) is 3.70. The van der Waals surface area contributed by atoms with Gasteiger partial charge < -0.3 is 19.4 Å². The molecule has 8 heteroatoms. The van der Waals surface area contributed by atoms with Gasteiger partial charge in [-0.25, -0.2) is 15.0 Å². The lowest BCUT2D eigenvalue weighted by Crippen LogP contribution is -2.38. The van der Waals surface area contributed by atoms with Crippen LogP contribution in [0.5, 0.6) is 0 Å². The molecular weight excluding hydrogens is 320 g/mol. The van der Waals surface area contributed by atoms with Crippen LogP contribution in [0.2, 0.25) is 0 Å². The predicted molar refractivity (Wildman–Crippen MR) is 94.3 cm³/mol. The van der Waals surface area contributed by atoms with Gasteiger partial charge in [-0.3, -0.25) is 4.90 Å². The molecule has 1 aliphatic rings. The first kappa shape index (κ1) is 17.8. The molecule has 1 aliphatic heterocycles. The molecule has 1 fully saturated rings. The standard InChI is InChI=1S/C17H26N6O2/c1-13-20-14(10-16(21-13)18-5-8-24-3)15-11-23(7-9-25-15)12-17-19-4-6-22(17)2/h4,6,10,15H,5,7-9,11-12H2,1-3H3,(H,18,20,21). The Kier molecular flexibility index (Phi) is 5.95. The molecule has 3 rings (SSSR count). The zero-order chi connectivity index (χ0) is 17.6. The van der Waals surface area contributed by atoms with Crippen LogP contribution < -0.4 is 5.32 Å². The number of nitrogens with one attached hydrogen (secondary N) is 1. The molecule has 0 spiro atoms. The maximum Gasteiger partial charge on any atom is 0.130 e. The summed E-state index contributed by atoms with van der Waals surface area (Å²) < 4.78 is 13.1. The van der Waals surface area contributed by atoms with Crippen LogP contribution >= 0.6 is 0 Å². The lowest BCUT2D eigenvalue weighted by molar-refractivity contribution is -0.0360. The van der Waals surface area contributed by atoms with Gasteiger partial charge in [-0.2, -0.15) is 0 Å². The molecule has 1 unspecified atom stereocenters. The zero-order valence-electron chi connectivity index (χ0n) is 15.1. The van der Waals surface area contributed by atoms with Crippen molar-refractivity contribution in [2.75, 3.05) is 45.3 Å². The highest BCUT2D eigenvalue weighted by Crippen LogP contribution is 2.23. The number of hydrogen-bond donors (Lipinski definition) is 1. The number of aromatic nitrogens is 4. The molecule has 1 atom stereocenters. The Labute approximate surface area is 148 Å². The van der Waals surface area contributed by atoms with Crippen molar-refractivity contribution in [2.45, 2.75) is 19.6 Å². The zero-order valence-corrected chi connectivity index (χ0v) is 15.1. The van der Waals surface area contributed by atoms with Crippen LogP contribution in [0.25, 0.3) is 0 Å². The summed E-state index contributed by atoms with van der Waals surface area (Å²) in [4.78, 5) is 15.8. The molecule has 0 amide bonds. The molecule has 0 radical (unpaired) electrons. The largest absolute Gasteiger partial charge is 0.383 e. The predicted octanol–water partition coefficient (Wildman–Crippen LogP) is 1.15. The van der Waals surface area contributed by atoms with E-state index >= 15 is 0 Å². The fourth-order valence-electron chi connectivity index (χ4n) is 2.90. The van der Waals surface area contributed by atoms with E-state index in [0.29, 0.717) is 19.8 Å². The van der Waals surface area contributed by atoms with Crippen LogP contribution in [0.1, 0.15) is 23.4 Å². The van der Waals surface area contributed by atoms with Crippen molar-refractivity contribution >= 4 is 5.82 Å². The normalized spacial score (nSPS) is 18.4. The van der Waals surface area contributed by atoms with E-state index in [9.17, 15) is 0 Å². The summed E-state index contributed by atoms with van der Waals surface area (Å²) in [6, 6.07) is 1.97. The summed E-state index contributed by atoms with van der Waals surface area (Å²) in [5, 5.41) is 3.26. The quantitative estimate of drug-likeness (QED) is 0.754. The number of morpholine rings is 1. The Balaban J connectivity index is 1.67. The first-order valence-electron chi connectivity index (χ1n) is 8.54. The van der Waals surface area contributed by atoms with Crippen LogP contribution in [0.15, 0.2) is 18.5 Å². The van der Waals surface area contributed by atoms with Crippen LogP contribution in [0.3, 0.4) is 0 Å². The summed E-state index contributed by atoms with van der Waals surface area (Å²) in [6.45, 7) is 6.43. The molecule has 1 N–H and O–H groups in total. The molecule has 0 aliphatic carbocycles. The molecule has 1 saturated heterocycles. The van der Waals surface area contributed by atoms with Gasteiger partial charge in [0.25, 0.3) is 0 Å². The molecule has 0 aromatic carbocycles. The van der Waals surface area contributed by atoms with Gasteiger partial charge in [0.05, 0.1) is 25.5 Å². The average Bonchev–Trinajstić information content (AvgIpc) is 3.00. The summed E-state index contributed by atoms with van der Waals surface area (Å²) in [6.07, 6.45) is 3.75. The molecule has 8 nitrogen and oxygen atoms in total. The Morgan fingerprint density at radius 1 is 1.40 bits per heavy atom. The van der Waals surface area contributed by atoms with E-state index in [1.54, 1.807) is 7.11 Å². The van der Waals surface area contributed by atoms with E-state index in [2.05, 4.69) is 29.7 Å². The number of rotatable bonds is 7. The number of ether oxygens (including phenoxy) is 2. The lowest BCUT2D eigenvalue weighted by Gasteiger charge is -2.32. The fourth-order valence-corrected chi connectivity index (χ4v) is 2.90. The Morgan fingerprint density at radius 2 is 2.28 bits per heavy atom. The molecule has 3 heterocycles. The second-order valence-corrected chi connectivity index (χ2v) is 6.19. The van der Waals surface area contributed by atoms with Gasteiger partial charge in [-0.05, 0) is 6.92 Å². The van der Waals surface area contributed by atoms with Crippen molar-refractivity contribution in [3.63, 3.8) is 0 Å². The maximum absolute atomic E-state index is 5.97. The fraction of sp³-hybridized carbons (Fsp3) is 0.588. The maximum atomic E-state index is 5.97. The summed E-state index contributed by atoms with van der Waals surface area (Å²) in [5.74, 6) is 2.60. The van der Waals surface area contributed by atoms with E-state index < -0.39 is 0 Å². The van der Waals surface area contributed by atoms with E-state index in [0.717, 1.165) is 42.8 Å². The van der Waals surface area contributed by atoms with Gasteiger partial charge in [-0.1, -0.05) is 0 Å². The Bertz CT molecular complexity index is 690. The Morgan fingerprint density at radius 3 is 3.04 bits per heavy atom. The van der Waals surface area contributed by atoms with E-state index in [4.69, 9.17) is 9.47 Å². The molecule has 2 aromatic rings. The van der Waals surface area contributed by atoms with Crippen molar-refractivity contribution in [3.05, 3.63) is 35.8 Å². The second kappa shape index (κ2) is 8.37. The van der Waals surface area contributed by atoms with Crippen molar-refractivity contribution < 1.29 is 9.47 Å². The minimum Gasteiger partial charge on any atom is -0.383 e. The molecule has 0 saturated carbocycles. The second-order valence-electron chi connectivity index (χ2n) is 6.19. The SMILES string of the molecule is COCCNc1cc(C2CN(Cc3nccn3C)CCO2)nc(C)n1. The highest BCUT2D eigenvalue weighted by atomic mass is 16.5. The molecular formula is C17H26N6O2. The monoisotopic (exact) mass is 346 g/mol. The number of anilines is 1. The highest BCUT2D eigenvalue weighted by molar-refractivity contribution is 5.36. The topological polar surface area (TPSA) is 77.3 Å². The third-order valence-corrected chi connectivity index (χ3v) is 4.24. The van der Waals surface area contributed by atoms with Crippen molar-refractivity contribution in [3.8, 4) is 0 Å². The van der Waals surface area contributed by atoms with Gasteiger partial charge in [0.15, 0.2) is 0 Å². The number of methoxy groups -OCH3 is 1. The minimum absolute atomic E-state index is 0.0568. The van der Waals surface area contributed by atoms with E-state index in [1.165, 1.54) is 0 Å². The third kappa shape index (κ3) is 4.75. The van der Waals surface area contributed by atoms with Gasteiger partial charge in [-0.15, -0.1) is 0 Å². The average molecular weight is 346 g/mol. The van der Waals surface area contributed by atoms with E-state index in [1.807, 2.05) is 32.4 Å². The number of aryl methyl sites for hydroxylation is 2. The number of nitrogens with zero attached hydrogens (tertiary/aromatic N) is 5. The van der Waals surface area contributed by atoms with Gasteiger partial charge in [0.2, 0.25) is 0 Å². The summed E-state index contributed by atoms with van der Waals surface area (Å²) in [5.41, 5.74) is 0.914. The van der Waals surface area contributed by atoms with Gasteiger partial charge in [0.1, 0.15) is 23.6 Å².